The molecule has 0 unspecified atom stereocenters. The summed E-state index contributed by atoms with van der Waals surface area (Å²) in [6.07, 6.45) is 0.618. The molecule has 1 aromatic carbocycles. The van der Waals surface area contributed by atoms with Gasteiger partial charge in [-0.15, -0.1) is 11.3 Å². The number of nitrogen functional groups attached to an aromatic ring is 1. The summed E-state index contributed by atoms with van der Waals surface area (Å²) >= 11 is 5.08. The molecule has 0 radical (unpaired) electrons. The van der Waals surface area contributed by atoms with E-state index in [2.05, 4.69) is 26.1 Å². The van der Waals surface area contributed by atoms with Crippen molar-refractivity contribution in [3.05, 3.63) is 50.6 Å². The third-order valence-electron chi connectivity index (χ3n) is 3.40. The first-order valence-electron chi connectivity index (χ1n) is 6.48. The number of anilines is 1. The molecule has 0 fully saturated rings. The SMILES string of the molecule is Cc1sc(N)c(-c2nc(Cc3ccccc3Br)no2)c1C. The van der Waals surface area contributed by atoms with Crippen molar-refractivity contribution in [2.75, 3.05) is 5.73 Å². The molecule has 3 rings (SSSR count). The van der Waals surface area contributed by atoms with Gasteiger partial charge in [-0.1, -0.05) is 39.3 Å². The highest BCUT2D eigenvalue weighted by molar-refractivity contribution is 9.10. The van der Waals surface area contributed by atoms with Gasteiger partial charge in [0.05, 0.1) is 10.6 Å². The lowest BCUT2D eigenvalue weighted by Crippen LogP contribution is -1.92. The van der Waals surface area contributed by atoms with Crippen LogP contribution in [-0.4, -0.2) is 10.1 Å². The van der Waals surface area contributed by atoms with Gasteiger partial charge < -0.3 is 10.3 Å². The van der Waals surface area contributed by atoms with E-state index >= 15 is 0 Å². The monoisotopic (exact) mass is 363 g/mol. The Morgan fingerprint density at radius 2 is 2.05 bits per heavy atom. The molecule has 4 nitrogen and oxygen atoms in total. The zero-order chi connectivity index (χ0) is 15.0. The average Bonchev–Trinajstić information content (AvgIpc) is 2.98. The van der Waals surface area contributed by atoms with E-state index in [1.807, 2.05) is 38.1 Å². The lowest BCUT2D eigenvalue weighted by atomic mass is 10.1. The van der Waals surface area contributed by atoms with Crippen molar-refractivity contribution in [1.29, 1.82) is 0 Å². The van der Waals surface area contributed by atoms with Crippen molar-refractivity contribution in [3.63, 3.8) is 0 Å². The molecule has 0 saturated heterocycles. The number of nitrogens with two attached hydrogens (primary N) is 1. The van der Waals surface area contributed by atoms with Crippen LogP contribution in [0.15, 0.2) is 33.3 Å². The largest absolute Gasteiger partial charge is 0.390 e. The van der Waals surface area contributed by atoms with E-state index in [0.717, 1.165) is 26.2 Å². The molecule has 2 heterocycles. The number of aromatic nitrogens is 2. The minimum absolute atomic E-state index is 0.497. The quantitative estimate of drug-likeness (QED) is 0.750. The summed E-state index contributed by atoms with van der Waals surface area (Å²) in [4.78, 5) is 5.65. The van der Waals surface area contributed by atoms with Gasteiger partial charge in [-0.2, -0.15) is 4.98 Å². The second-order valence-electron chi connectivity index (χ2n) is 4.81. The van der Waals surface area contributed by atoms with Crippen LogP contribution in [-0.2, 0) is 6.42 Å². The number of aryl methyl sites for hydroxylation is 1. The van der Waals surface area contributed by atoms with Gasteiger partial charge in [0.1, 0.15) is 0 Å². The molecular weight excluding hydrogens is 350 g/mol. The lowest BCUT2D eigenvalue weighted by Gasteiger charge is -1.99. The van der Waals surface area contributed by atoms with E-state index in [-0.39, 0.29) is 0 Å². The van der Waals surface area contributed by atoms with Crippen LogP contribution >= 0.6 is 27.3 Å². The number of rotatable bonds is 3. The molecule has 0 aliphatic heterocycles. The summed E-state index contributed by atoms with van der Waals surface area (Å²) in [7, 11) is 0. The summed E-state index contributed by atoms with van der Waals surface area (Å²) in [6.45, 7) is 4.06. The Hall–Kier alpha value is -1.66. The molecule has 2 aromatic heterocycles. The van der Waals surface area contributed by atoms with Gasteiger partial charge in [-0.25, -0.2) is 0 Å². The van der Waals surface area contributed by atoms with Gasteiger partial charge >= 0.3 is 0 Å². The first kappa shape index (κ1) is 14.3. The van der Waals surface area contributed by atoms with Gasteiger partial charge in [0.15, 0.2) is 5.82 Å². The summed E-state index contributed by atoms with van der Waals surface area (Å²) in [5, 5.41) is 4.79. The molecule has 0 aliphatic rings. The fourth-order valence-electron chi connectivity index (χ4n) is 2.16. The van der Waals surface area contributed by atoms with Gasteiger partial charge in [0.25, 0.3) is 5.89 Å². The van der Waals surface area contributed by atoms with Crippen LogP contribution in [0.3, 0.4) is 0 Å². The number of benzene rings is 1. The number of halogens is 1. The van der Waals surface area contributed by atoms with Crippen LogP contribution < -0.4 is 5.73 Å². The van der Waals surface area contributed by atoms with E-state index in [1.54, 1.807) is 11.3 Å². The topological polar surface area (TPSA) is 64.9 Å². The maximum atomic E-state index is 6.04. The highest BCUT2D eigenvalue weighted by atomic mass is 79.9. The molecule has 0 saturated carbocycles. The second-order valence-corrected chi connectivity index (χ2v) is 6.92. The predicted molar refractivity (Wildman–Crippen MR) is 88.4 cm³/mol. The van der Waals surface area contributed by atoms with Crippen molar-refractivity contribution in [1.82, 2.24) is 10.1 Å². The molecule has 108 valence electrons. The molecule has 0 bridgehead atoms. The van der Waals surface area contributed by atoms with Crippen molar-refractivity contribution in [3.8, 4) is 11.5 Å². The first-order valence-corrected chi connectivity index (χ1v) is 8.09. The molecule has 0 spiro atoms. The summed E-state index contributed by atoms with van der Waals surface area (Å²) < 4.78 is 6.43. The maximum absolute atomic E-state index is 6.04. The summed E-state index contributed by atoms with van der Waals surface area (Å²) in [5.74, 6) is 1.15. The molecule has 0 amide bonds. The molecule has 3 aromatic rings. The highest BCUT2D eigenvalue weighted by Crippen LogP contribution is 2.37. The van der Waals surface area contributed by atoms with Crippen molar-refractivity contribution < 1.29 is 4.52 Å². The van der Waals surface area contributed by atoms with Crippen LogP contribution in [0, 0.1) is 13.8 Å². The Morgan fingerprint density at radius 1 is 1.29 bits per heavy atom. The van der Waals surface area contributed by atoms with Crippen molar-refractivity contribution in [2.24, 2.45) is 0 Å². The summed E-state index contributed by atoms with van der Waals surface area (Å²) in [5.41, 5.74) is 9.13. The smallest absolute Gasteiger partial charge is 0.261 e. The summed E-state index contributed by atoms with van der Waals surface area (Å²) in [6, 6.07) is 8.01. The fraction of sp³-hybridized carbons (Fsp3) is 0.200. The molecular formula is C15H14BrN3OS. The third-order valence-corrected chi connectivity index (χ3v) is 5.21. The van der Waals surface area contributed by atoms with Gasteiger partial charge in [-0.3, -0.25) is 0 Å². The molecule has 6 heteroatoms. The number of nitrogens with zero attached hydrogens (tertiary/aromatic N) is 2. The predicted octanol–water partition coefficient (Wildman–Crippen LogP) is 4.35. The Labute approximate surface area is 135 Å². The Bertz CT molecular complexity index is 794. The Balaban J connectivity index is 1.92. The third kappa shape index (κ3) is 2.73. The van der Waals surface area contributed by atoms with Crippen molar-refractivity contribution in [2.45, 2.75) is 20.3 Å². The van der Waals surface area contributed by atoms with Crippen LogP contribution in [0.4, 0.5) is 5.00 Å². The van der Waals surface area contributed by atoms with E-state index in [4.69, 9.17) is 10.3 Å². The van der Waals surface area contributed by atoms with Crippen LogP contribution in [0.25, 0.3) is 11.5 Å². The fourth-order valence-corrected chi connectivity index (χ4v) is 3.51. The molecule has 2 N–H and O–H groups in total. The Morgan fingerprint density at radius 3 is 2.71 bits per heavy atom. The molecule has 0 aliphatic carbocycles. The van der Waals surface area contributed by atoms with Crippen molar-refractivity contribution >= 4 is 32.3 Å². The second kappa shape index (κ2) is 5.61. The van der Waals surface area contributed by atoms with Crippen LogP contribution in [0.1, 0.15) is 21.8 Å². The standard InChI is InChI=1S/C15H14BrN3OS/c1-8-9(2)21-14(17)13(8)15-18-12(19-20-15)7-10-5-3-4-6-11(10)16/h3-6H,7,17H2,1-2H3. The molecule has 0 atom stereocenters. The Kier molecular flexibility index (Phi) is 3.82. The van der Waals surface area contributed by atoms with Gasteiger partial charge in [0.2, 0.25) is 0 Å². The van der Waals surface area contributed by atoms with E-state index in [1.165, 1.54) is 4.88 Å². The van der Waals surface area contributed by atoms with Gasteiger partial charge in [0, 0.05) is 15.8 Å². The minimum Gasteiger partial charge on any atom is -0.390 e. The number of hydrogen-bond acceptors (Lipinski definition) is 5. The number of hydrogen-bond donors (Lipinski definition) is 1. The average molecular weight is 364 g/mol. The minimum atomic E-state index is 0.497. The lowest BCUT2D eigenvalue weighted by molar-refractivity contribution is 0.424. The van der Waals surface area contributed by atoms with E-state index < -0.39 is 0 Å². The zero-order valence-electron chi connectivity index (χ0n) is 11.7. The number of thiophene rings is 1. The highest BCUT2D eigenvalue weighted by Gasteiger charge is 2.18. The van der Waals surface area contributed by atoms with E-state index in [0.29, 0.717) is 18.1 Å². The first-order chi connectivity index (χ1) is 10.1. The zero-order valence-corrected chi connectivity index (χ0v) is 14.1. The van der Waals surface area contributed by atoms with E-state index in [9.17, 15) is 0 Å². The maximum Gasteiger partial charge on any atom is 0.261 e. The van der Waals surface area contributed by atoms with Crippen LogP contribution in [0.5, 0.6) is 0 Å². The van der Waals surface area contributed by atoms with Crippen LogP contribution in [0.2, 0.25) is 0 Å². The van der Waals surface area contributed by atoms with Gasteiger partial charge in [-0.05, 0) is 31.0 Å². The molecule has 21 heavy (non-hydrogen) atoms. The normalized spacial score (nSPS) is 11.0.